The summed E-state index contributed by atoms with van der Waals surface area (Å²) in [6.45, 7) is 3.90. The number of amides is 2. The van der Waals surface area contributed by atoms with Crippen molar-refractivity contribution >= 4 is 45.8 Å². The van der Waals surface area contributed by atoms with Gasteiger partial charge in [-0.1, -0.05) is 90.5 Å². The largest absolute Gasteiger partial charge is 0.352 e. The van der Waals surface area contributed by atoms with E-state index in [1.165, 1.54) is 4.90 Å². The van der Waals surface area contributed by atoms with E-state index in [4.69, 9.17) is 0 Å². The van der Waals surface area contributed by atoms with Crippen LogP contribution in [-0.4, -0.2) is 29.7 Å². The molecule has 4 aromatic carbocycles. The zero-order chi connectivity index (χ0) is 26.1. The van der Waals surface area contributed by atoms with Crippen molar-refractivity contribution in [1.82, 2.24) is 0 Å². The maximum atomic E-state index is 14.2. The summed E-state index contributed by atoms with van der Waals surface area (Å²) < 4.78 is 0. The second-order valence-electron chi connectivity index (χ2n) is 10.5. The third kappa shape index (κ3) is 3.08. The van der Waals surface area contributed by atoms with Crippen molar-refractivity contribution < 1.29 is 14.4 Å². The van der Waals surface area contributed by atoms with Gasteiger partial charge < -0.3 is 4.90 Å². The number of fused-ring (bicyclic) bond motifs is 7. The molecule has 0 unspecified atom stereocenters. The number of nitrogens with zero attached hydrogens (tertiary/aromatic N) is 2. The number of ketones is 1. The van der Waals surface area contributed by atoms with Crippen molar-refractivity contribution in [3.63, 3.8) is 0 Å². The number of Topliss-reactive ketones (excluding diaryl/α,β-unsaturated/α-hetero) is 1. The van der Waals surface area contributed by atoms with Crippen LogP contribution in [-0.2, 0) is 9.59 Å². The molecule has 0 N–H and O–H groups in total. The van der Waals surface area contributed by atoms with E-state index in [1.54, 1.807) is 12.1 Å². The number of anilines is 2. The lowest BCUT2D eigenvalue weighted by molar-refractivity contribution is -0.122. The first-order chi connectivity index (χ1) is 18.5. The molecule has 0 aliphatic carbocycles. The van der Waals surface area contributed by atoms with Crippen molar-refractivity contribution in [1.29, 1.82) is 0 Å². The van der Waals surface area contributed by atoms with Crippen LogP contribution >= 0.6 is 0 Å². The summed E-state index contributed by atoms with van der Waals surface area (Å²) in [5, 5.41) is 2.19. The van der Waals surface area contributed by atoms with E-state index in [2.05, 4.69) is 18.2 Å². The Morgan fingerprint density at radius 2 is 1.47 bits per heavy atom. The number of rotatable bonds is 3. The number of hydrogen-bond acceptors (Lipinski definition) is 4. The van der Waals surface area contributed by atoms with E-state index < -0.39 is 23.9 Å². The maximum absolute atomic E-state index is 14.2. The second kappa shape index (κ2) is 8.25. The SMILES string of the molecule is Cc1ccc(N2C(=O)[C@@H]3[C@H](C2=O)[C@@H]2C=Cc4c(ccc5ccccc45)N2[C@@H]3C(=O)c2ccccc2)c(C)c1. The first-order valence-corrected chi connectivity index (χ1v) is 13.0. The van der Waals surface area contributed by atoms with Gasteiger partial charge in [0.25, 0.3) is 0 Å². The molecule has 2 amide bonds. The normalized spacial score (nSPS) is 23.5. The van der Waals surface area contributed by atoms with Gasteiger partial charge in [0.05, 0.1) is 23.6 Å². The number of carbonyl (C=O) groups excluding carboxylic acids is 3. The Labute approximate surface area is 221 Å². The Bertz CT molecular complexity index is 1690. The smallest absolute Gasteiger partial charge is 0.240 e. The summed E-state index contributed by atoms with van der Waals surface area (Å²) >= 11 is 0. The highest BCUT2D eigenvalue weighted by Gasteiger charge is 2.64. The molecule has 2 fully saturated rings. The molecule has 5 nitrogen and oxygen atoms in total. The van der Waals surface area contributed by atoms with Gasteiger partial charge in [-0.15, -0.1) is 0 Å². The zero-order valence-corrected chi connectivity index (χ0v) is 21.2. The monoisotopic (exact) mass is 498 g/mol. The lowest BCUT2D eigenvalue weighted by atomic mass is 9.86. The molecular weight excluding hydrogens is 472 g/mol. The summed E-state index contributed by atoms with van der Waals surface area (Å²) in [5.41, 5.74) is 4.97. The van der Waals surface area contributed by atoms with Gasteiger partial charge in [-0.2, -0.15) is 0 Å². The standard InChI is InChI=1S/C33H26N2O3/c1-19-12-15-25(20(2)18-19)35-32(37)28-27-17-14-24-23-11-7-6-8-21(23)13-16-26(24)34(27)30(29(28)33(35)38)31(36)22-9-4-3-5-10-22/h3-18,27-30H,1-2H3/t27-,28+,29+,30-/m0/s1. The van der Waals surface area contributed by atoms with Crippen LogP contribution in [0.4, 0.5) is 11.4 Å². The van der Waals surface area contributed by atoms with Crippen molar-refractivity contribution in [3.05, 3.63) is 113 Å². The third-order valence-corrected chi connectivity index (χ3v) is 8.33. The Kier molecular flexibility index (Phi) is 4.92. The van der Waals surface area contributed by atoms with Crippen LogP contribution in [0, 0.1) is 25.7 Å². The highest BCUT2D eigenvalue weighted by atomic mass is 16.2. The predicted molar refractivity (Wildman–Crippen MR) is 149 cm³/mol. The molecule has 0 saturated carbocycles. The van der Waals surface area contributed by atoms with Crippen LogP contribution < -0.4 is 9.80 Å². The number of imide groups is 1. The number of hydrogen-bond donors (Lipinski definition) is 0. The van der Waals surface area contributed by atoms with E-state index in [9.17, 15) is 14.4 Å². The fraction of sp³-hybridized carbons (Fsp3) is 0.182. The van der Waals surface area contributed by atoms with Crippen LogP contribution in [0.2, 0.25) is 0 Å². The minimum Gasteiger partial charge on any atom is -0.352 e. The lowest BCUT2D eigenvalue weighted by Crippen LogP contribution is -2.49. The molecule has 0 spiro atoms. The van der Waals surface area contributed by atoms with Gasteiger partial charge in [-0.25, -0.2) is 4.90 Å². The van der Waals surface area contributed by atoms with Gasteiger partial charge in [0, 0.05) is 16.8 Å². The molecule has 7 rings (SSSR count). The first kappa shape index (κ1) is 22.7. The highest BCUT2D eigenvalue weighted by molar-refractivity contribution is 6.26. The topological polar surface area (TPSA) is 57.7 Å². The van der Waals surface area contributed by atoms with Crippen LogP contribution in [0.1, 0.15) is 27.0 Å². The highest BCUT2D eigenvalue weighted by Crippen LogP contribution is 2.51. The van der Waals surface area contributed by atoms with Gasteiger partial charge in [0.1, 0.15) is 6.04 Å². The minimum atomic E-state index is -0.788. The first-order valence-electron chi connectivity index (χ1n) is 13.0. The molecule has 3 aliphatic rings. The lowest BCUT2D eigenvalue weighted by Gasteiger charge is -2.37. The third-order valence-electron chi connectivity index (χ3n) is 8.33. The van der Waals surface area contributed by atoms with Crippen LogP contribution in [0.15, 0.2) is 91.0 Å². The van der Waals surface area contributed by atoms with Gasteiger partial charge in [0.2, 0.25) is 11.8 Å². The maximum Gasteiger partial charge on any atom is 0.240 e. The van der Waals surface area contributed by atoms with Gasteiger partial charge in [-0.05, 0) is 42.3 Å². The fourth-order valence-electron chi connectivity index (χ4n) is 6.69. The van der Waals surface area contributed by atoms with E-state index in [-0.39, 0.29) is 17.6 Å². The molecule has 4 atom stereocenters. The molecule has 4 aromatic rings. The van der Waals surface area contributed by atoms with Crippen molar-refractivity contribution in [2.45, 2.75) is 25.9 Å². The Balaban J connectivity index is 1.41. The average Bonchev–Trinajstić information content (AvgIpc) is 3.41. The second-order valence-corrected chi connectivity index (χ2v) is 10.5. The predicted octanol–water partition coefficient (Wildman–Crippen LogP) is 5.73. The quantitative estimate of drug-likeness (QED) is 0.267. The molecule has 5 heteroatoms. The molecule has 0 aromatic heterocycles. The molecule has 3 aliphatic heterocycles. The van der Waals surface area contributed by atoms with Gasteiger partial charge in [0.15, 0.2) is 5.78 Å². The van der Waals surface area contributed by atoms with Gasteiger partial charge >= 0.3 is 0 Å². The Hall–Kier alpha value is -4.51. The average molecular weight is 499 g/mol. The van der Waals surface area contributed by atoms with Crippen LogP contribution in [0.3, 0.4) is 0 Å². The zero-order valence-electron chi connectivity index (χ0n) is 21.2. The van der Waals surface area contributed by atoms with Crippen molar-refractivity contribution in [2.24, 2.45) is 11.8 Å². The number of carbonyl (C=O) groups is 3. The van der Waals surface area contributed by atoms with E-state index in [1.807, 2.05) is 85.5 Å². The Morgan fingerprint density at radius 1 is 0.763 bits per heavy atom. The fourth-order valence-corrected chi connectivity index (χ4v) is 6.69. The summed E-state index contributed by atoms with van der Waals surface area (Å²) in [4.78, 5) is 45.8. The number of benzene rings is 4. The minimum absolute atomic E-state index is 0.138. The molecular formula is C33H26N2O3. The summed E-state index contributed by atoms with van der Waals surface area (Å²) in [7, 11) is 0. The number of aryl methyl sites for hydroxylation is 2. The van der Waals surface area contributed by atoms with Crippen LogP contribution in [0.5, 0.6) is 0 Å². The molecule has 38 heavy (non-hydrogen) atoms. The molecule has 186 valence electrons. The molecule has 0 bridgehead atoms. The van der Waals surface area contributed by atoms with E-state index in [0.29, 0.717) is 11.3 Å². The summed E-state index contributed by atoms with van der Waals surface area (Å²) in [6.07, 6.45) is 4.07. The van der Waals surface area contributed by atoms with E-state index in [0.717, 1.165) is 33.2 Å². The Morgan fingerprint density at radius 3 is 2.26 bits per heavy atom. The van der Waals surface area contributed by atoms with Crippen LogP contribution in [0.25, 0.3) is 16.8 Å². The summed E-state index contributed by atoms with van der Waals surface area (Å²) in [6, 6.07) is 25.9. The van der Waals surface area contributed by atoms with E-state index >= 15 is 0 Å². The summed E-state index contributed by atoms with van der Waals surface area (Å²) in [5.74, 6) is -2.09. The molecule has 0 radical (unpaired) electrons. The van der Waals surface area contributed by atoms with Gasteiger partial charge in [-0.3, -0.25) is 14.4 Å². The molecule has 2 saturated heterocycles. The van der Waals surface area contributed by atoms with Crippen molar-refractivity contribution in [2.75, 3.05) is 9.80 Å². The molecule has 3 heterocycles. The van der Waals surface area contributed by atoms with Crippen molar-refractivity contribution in [3.8, 4) is 0 Å².